The van der Waals surface area contributed by atoms with Gasteiger partial charge in [0.25, 0.3) is 0 Å². The van der Waals surface area contributed by atoms with Gasteiger partial charge in [0.15, 0.2) is 0 Å². The molecule has 0 aromatic carbocycles. The zero-order chi connectivity index (χ0) is 9.90. The third-order valence-electron chi connectivity index (χ3n) is 2.61. The summed E-state index contributed by atoms with van der Waals surface area (Å²) in [7, 11) is 1.67. The van der Waals surface area contributed by atoms with Crippen LogP contribution in [-0.2, 0) is 5.41 Å². The molecule has 0 fully saturated rings. The SMILES string of the molecule is CCC(C)(C)c1cncc(OC)c1. The Kier molecular flexibility index (Phi) is 2.91. The molecule has 2 nitrogen and oxygen atoms in total. The van der Waals surface area contributed by atoms with Gasteiger partial charge in [-0.1, -0.05) is 20.8 Å². The lowest BCUT2D eigenvalue weighted by atomic mass is 9.83. The van der Waals surface area contributed by atoms with Gasteiger partial charge in [0.2, 0.25) is 0 Å². The minimum Gasteiger partial charge on any atom is -0.495 e. The lowest BCUT2D eigenvalue weighted by Crippen LogP contribution is -2.15. The zero-order valence-electron chi connectivity index (χ0n) is 8.79. The molecule has 0 saturated heterocycles. The van der Waals surface area contributed by atoms with Crippen molar-refractivity contribution in [3.05, 3.63) is 24.0 Å². The fourth-order valence-corrected chi connectivity index (χ4v) is 1.10. The molecule has 72 valence electrons. The minimum atomic E-state index is 0.182. The van der Waals surface area contributed by atoms with Gasteiger partial charge in [-0.3, -0.25) is 4.98 Å². The second-order valence-electron chi connectivity index (χ2n) is 3.85. The number of rotatable bonds is 3. The van der Waals surface area contributed by atoms with Crippen LogP contribution in [0.4, 0.5) is 0 Å². The van der Waals surface area contributed by atoms with E-state index < -0.39 is 0 Å². The second kappa shape index (κ2) is 3.77. The molecule has 0 saturated carbocycles. The van der Waals surface area contributed by atoms with Crippen LogP contribution < -0.4 is 4.74 Å². The highest BCUT2D eigenvalue weighted by molar-refractivity contribution is 5.28. The van der Waals surface area contributed by atoms with Gasteiger partial charge >= 0.3 is 0 Å². The predicted molar refractivity (Wildman–Crippen MR) is 54.1 cm³/mol. The Morgan fingerprint density at radius 3 is 2.62 bits per heavy atom. The number of nitrogens with zero attached hydrogens (tertiary/aromatic N) is 1. The molecule has 13 heavy (non-hydrogen) atoms. The van der Waals surface area contributed by atoms with E-state index in [9.17, 15) is 0 Å². The molecule has 0 atom stereocenters. The Morgan fingerprint density at radius 1 is 1.38 bits per heavy atom. The molecule has 0 unspecified atom stereocenters. The van der Waals surface area contributed by atoms with Gasteiger partial charge in [-0.15, -0.1) is 0 Å². The summed E-state index contributed by atoms with van der Waals surface area (Å²) < 4.78 is 5.13. The van der Waals surface area contributed by atoms with E-state index in [-0.39, 0.29) is 5.41 Å². The second-order valence-corrected chi connectivity index (χ2v) is 3.85. The van der Waals surface area contributed by atoms with Crippen LogP contribution in [0.15, 0.2) is 18.5 Å². The van der Waals surface area contributed by atoms with Crippen molar-refractivity contribution in [1.82, 2.24) is 4.98 Å². The minimum absolute atomic E-state index is 0.182. The number of methoxy groups -OCH3 is 1. The lowest BCUT2D eigenvalue weighted by molar-refractivity contribution is 0.408. The molecule has 1 aromatic heterocycles. The monoisotopic (exact) mass is 179 g/mol. The first-order chi connectivity index (χ1) is 6.10. The first kappa shape index (κ1) is 10.0. The highest BCUT2D eigenvalue weighted by Gasteiger charge is 2.18. The van der Waals surface area contributed by atoms with Crippen LogP contribution in [0.25, 0.3) is 0 Å². The van der Waals surface area contributed by atoms with Gasteiger partial charge in [0, 0.05) is 6.20 Å². The van der Waals surface area contributed by atoms with Gasteiger partial charge in [-0.25, -0.2) is 0 Å². The van der Waals surface area contributed by atoms with Crippen molar-refractivity contribution in [1.29, 1.82) is 0 Å². The van der Waals surface area contributed by atoms with Gasteiger partial charge in [0.1, 0.15) is 5.75 Å². The molecule has 1 aromatic rings. The maximum atomic E-state index is 5.13. The van der Waals surface area contributed by atoms with Crippen molar-refractivity contribution in [3.8, 4) is 5.75 Å². The smallest absolute Gasteiger partial charge is 0.137 e. The normalized spacial score (nSPS) is 11.4. The summed E-state index contributed by atoms with van der Waals surface area (Å²) in [5.41, 5.74) is 1.41. The van der Waals surface area contributed by atoms with Crippen LogP contribution in [0.5, 0.6) is 5.75 Å². The van der Waals surface area contributed by atoms with Crippen molar-refractivity contribution in [2.75, 3.05) is 7.11 Å². The molecule has 1 rings (SSSR count). The fourth-order valence-electron chi connectivity index (χ4n) is 1.10. The summed E-state index contributed by atoms with van der Waals surface area (Å²) in [6.45, 7) is 6.60. The summed E-state index contributed by atoms with van der Waals surface area (Å²) >= 11 is 0. The quantitative estimate of drug-likeness (QED) is 0.711. The van der Waals surface area contributed by atoms with E-state index in [1.54, 1.807) is 13.3 Å². The number of pyridine rings is 1. The van der Waals surface area contributed by atoms with E-state index in [0.717, 1.165) is 12.2 Å². The van der Waals surface area contributed by atoms with Crippen LogP contribution in [0, 0.1) is 0 Å². The van der Waals surface area contributed by atoms with E-state index in [1.807, 2.05) is 6.20 Å². The summed E-state index contributed by atoms with van der Waals surface area (Å²) in [6.07, 6.45) is 4.74. The molecule has 1 heterocycles. The summed E-state index contributed by atoms with van der Waals surface area (Å²) in [5, 5.41) is 0. The lowest BCUT2D eigenvalue weighted by Gasteiger charge is -2.22. The van der Waals surface area contributed by atoms with Gasteiger partial charge in [0.05, 0.1) is 13.3 Å². The number of hydrogen-bond acceptors (Lipinski definition) is 2. The van der Waals surface area contributed by atoms with E-state index in [1.165, 1.54) is 5.56 Å². The molecule has 0 aliphatic carbocycles. The van der Waals surface area contributed by atoms with Crippen LogP contribution >= 0.6 is 0 Å². The Bertz CT molecular complexity index is 281. The van der Waals surface area contributed by atoms with E-state index >= 15 is 0 Å². The summed E-state index contributed by atoms with van der Waals surface area (Å²) in [6, 6.07) is 2.05. The van der Waals surface area contributed by atoms with Crippen molar-refractivity contribution in [2.45, 2.75) is 32.6 Å². The molecular weight excluding hydrogens is 162 g/mol. The Hall–Kier alpha value is -1.05. The van der Waals surface area contributed by atoms with Crippen molar-refractivity contribution in [2.24, 2.45) is 0 Å². The molecule has 0 amide bonds. The standard InChI is InChI=1S/C11H17NO/c1-5-11(2,3)9-6-10(13-4)8-12-7-9/h6-8H,5H2,1-4H3. The van der Waals surface area contributed by atoms with Gasteiger partial charge in [-0.2, -0.15) is 0 Å². The third kappa shape index (κ3) is 2.20. The van der Waals surface area contributed by atoms with Crippen LogP contribution in [0.3, 0.4) is 0 Å². The maximum Gasteiger partial charge on any atom is 0.137 e. The topological polar surface area (TPSA) is 22.1 Å². The molecule has 0 aliphatic heterocycles. The van der Waals surface area contributed by atoms with Crippen molar-refractivity contribution < 1.29 is 4.74 Å². The first-order valence-corrected chi connectivity index (χ1v) is 4.59. The first-order valence-electron chi connectivity index (χ1n) is 4.59. The third-order valence-corrected chi connectivity index (χ3v) is 2.61. The van der Waals surface area contributed by atoms with Gasteiger partial charge in [-0.05, 0) is 23.5 Å². The molecule has 0 N–H and O–H groups in total. The Balaban J connectivity index is 3.01. The average molecular weight is 179 g/mol. The summed E-state index contributed by atoms with van der Waals surface area (Å²) in [4.78, 5) is 4.14. The Labute approximate surface area is 80.0 Å². The number of ether oxygens (including phenoxy) is 1. The maximum absolute atomic E-state index is 5.13. The summed E-state index contributed by atoms with van der Waals surface area (Å²) in [5.74, 6) is 0.832. The van der Waals surface area contributed by atoms with E-state index in [2.05, 4.69) is 31.8 Å². The highest BCUT2D eigenvalue weighted by atomic mass is 16.5. The number of aromatic nitrogens is 1. The largest absolute Gasteiger partial charge is 0.495 e. The van der Waals surface area contributed by atoms with Gasteiger partial charge < -0.3 is 4.74 Å². The van der Waals surface area contributed by atoms with E-state index in [4.69, 9.17) is 4.74 Å². The highest BCUT2D eigenvalue weighted by Crippen LogP contribution is 2.27. The average Bonchev–Trinajstić information content (AvgIpc) is 2.18. The fraction of sp³-hybridized carbons (Fsp3) is 0.545. The van der Waals surface area contributed by atoms with Crippen LogP contribution in [0.2, 0.25) is 0 Å². The zero-order valence-corrected chi connectivity index (χ0v) is 8.79. The number of hydrogen-bond donors (Lipinski definition) is 0. The van der Waals surface area contributed by atoms with Crippen LogP contribution in [-0.4, -0.2) is 12.1 Å². The van der Waals surface area contributed by atoms with Crippen molar-refractivity contribution in [3.63, 3.8) is 0 Å². The molecular formula is C11H17NO. The molecule has 0 bridgehead atoms. The molecule has 0 aliphatic rings. The van der Waals surface area contributed by atoms with E-state index in [0.29, 0.717) is 0 Å². The molecule has 0 spiro atoms. The van der Waals surface area contributed by atoms with Crippen LogP contribution in [0.1, 0.15) is 32.8 Å². The predicted octanol–water partition coefficient (Wildman–Crippen LogP) is 2.78. The molecule has 2 heteroatoms. The Morgan fingerprint density at radius 2 is 2.08 bits per heavy atom. The molecule has 0 radical (unpaired) electrons. The van der Waals surface area contributed by atoms with Crippen molar-refractivity contribution >= 4 is 0 Å².